The van der Waals surface area contributed by atoms with Crippen LogP contribution in [0.15, 0.2) is 59.5 Å². The zero-order valence-corrected chi connectivity index (χ0v) is 18.4. The molecular formula is C22H29NO5S. The van der Waals surface area contributed by atoms with E-state index in [1.54, 1.807) is 39.8 Å². The summed E-state index contributed by atoms with van der Waals surface area (Å²) in [6, 6.07) is 15.5. The van der Waals surface area contributed by atoms with Crippen molar-refractivity contribution in [3.8, 4) is 0 Å². The number of aryl methyl sites for hydroxylation is 2. The number of rotatable bonds is 7. The van der Waals surface area contributed by atoms with Crippen LogP contribution < -0.4 is 0 Å². The van der Waals surface area contributed by atoms with Crippen LogP contribution in [0.3, 0.4) is 0 Å². The van der Waals surface area contributed by atoms with Crippen molar-refractivity contribution in [2.45, 2.75) is 64.0 Å². The van der Waals surface area contributed by atoms with E-state index in [0.29, 0.717) is 12.8 Å². The van der Waals surface area contributed by atoms with Crippen LogP contribution in [0, 0.1) is 6.92 Å². The largest absolute Gasteiger partial charge is 0.442 e. The lowest BCUT2D eigenvalue weighted by atomic mass is 10.1. The number of benzene rings is 2. The molecule has 0 aliphatic heterocycles. The Kier molecular flexibility index (Phi) is 7.43. The Morgan fingerprint density at radius 2 is 1.62 bits per heavy atom. The highest BCUT2D eigenvalue weighted by molar-refractivity contribution is 7.86. The molecule has 0 radical (unpaired) electrons. The maximum atomic E-state index is 12.7. The van der Waals surface area contributed by atoms with Crippen molar-refractivity contribution < 1.29 is 22.2 Å². The van der Waals surface area contributed by atoms with Gasteiger partial charge in [-0.1, -0.05) is 48.0 Å². The molecule has 29 heavy (non-hydrogen) atoms. The van der Waals surface area contributed by atoms with Crippen molar-refractivity contribution in [3.63, 3.8) is 0 Å². The van der Waals surface area contributed by atoms with Gasteiger partial charge in [0.15, 0.2) is 0 Å². The van der Waals surface area contributed by atoms with Crippen LogP contribution in [0.25, 0.3) is 0 Å². The van der Waals surface area contributed by atoms with Gasteiger partial charge in [-0.2, -0.15) is 13.5 Å². The predicted octanol–water partition coefficient (Wildman–Crippen LogP) is 4.87. The first-order valence-corrected chi connectivity index (χ1v) is 11.0. The minimum atomic E-state index is -4.18. The van der Waals surface area contributed by atoms with Gasteiger partial charge in [0.05, 0.1) is 10.9 Å². The second kappa shape index (κ2) is 9.41. The Hall–Kier alpha value is -2.38. The van der Waals surface area contributed by atoms with E-state index < -0.39 is 27.9 Å². The highest BCUT2D eigenvalue weighted by Gasteiger charge is 2.32. The molecule has 0 aromatic heterocycles. The van der Waals surface area contributed by atoms with E-state index >= 15 is 0 Å². The molecule has 0 heterocycles. The molecule has 0 spiro atoms. The lowest BCUT2D eigenvalue weighted by Gasteiger charge is -2.30. The van der Waals surface area contributed by atoms with Crippen molar-refractivity contribution in [1.29, 1.82) is 0 Å². The van der Waals surface area contributed by atoms with E-state index in [4.69, 9.17) is 9.02 Å². The molecule has 158 valence electrons. The Balaban J connectivity index is 2.21. The summed E-state index contributed by atoms with van der Waals surface area (Å²) in [5.74, 6) is 0. The van der Waals surface area contributed by atoms with Gasteiger partial charge in [0, 0.05) is 0 Å². The lowest BCUT2D eigenvalue weighted by molar-refractivity contribution is -0.0907. The Morgan fingerprint density at radius 1 is 1.03 bits per heavy atom. The molecule has 0 fully saturated rings. The van der Waals surface area contributed by atoms with Gasteiger partial charge < -0.3 is 4.74 Å². The standard InChI is InChI=1S/C22H29NO5S/c1-17-11-15-20(16-12-17)29(25,26)28-23(21(24)27-22(3,4)5)18(2)13-14-19-9-7-6-8-10-19/h6-12,15-16,18H,13-14H2,1-5H3. The van der Waals surface area contributed by atoms with Crippen molar-refractivity contribution in [3.05, 3.63) is 65.7 Å². The lowest BCUT2D eigenvalue weighted by Crippen LogP contribution is -2.43. The van der Waals surface area contributed by atoms with Gasteiger partial charge >= 0.3 is 16.2 Å². The molecule has 7 heteroatoms. The molecule has 0 saturated carbocycles. The van der Waals surface area contributed by atoms with Gasteiger partial charge in [0.25, 0.3) is 0 Å². The van der Waals surface area contributed by atoms with Gasteiger partial charge in [-0.15, -0.1) is 4.28 Å². The minimum Gasteiger partial charge on any atom is -0.442 e. The van der Waals surface area contributed by atoms with Crippen LogP contribution in [-0.2, 0) is 25.6 Å². The molecule has 0 bridgehead atoms. The van der Waals surface area contributed by atoms with E-state index in [1.807, 2.05) is 37.3 Å². The Morgan fingerprint density at radius 3 is 2.17 bits per heavy atom. The zero-order chi connectivity index (χ0) is 21.7. The van der Waals surface area contributed by atoms with Gasteiger partial charge in [0.1, 0.15) is 5.60 Å². The van der Waals surface area contributed by atoms with E-state index in [0.717, 1.165) is 16.2 Å². The van der Waals surface area contributed by atoms with Crippen LogP contribution in [0.1, 0.15) is 45.2 Å². The van der Waals surface area contributed by atoms with Crippen molar-refractivity contribution in [2.24, 2.45) is 0 Å². The minimum absolute atomic E-state index is 0.0214. The third-order valence-electron chi connectivity index (χ3n) is 4.16. The molecule has 1 unspecified atom stereocenters. The fraction of sp³-hybridized carbons (Fsp3) is 0.409. The van der Waals surface area contributed by atoms with Gasteiger partial charge in [-0.05, 0) is 65.2 Å². The van der Waals surface area contributed by atoms with E-state index in [2.05, 4.69) is 0 Å². The summed E-state index contributed by atoms with van der Waals surface area (Å²) in [6.07, 6.45) is 0.329. The topological polar surface area (TPSA) is 72.9 Å². The summed E-state index contributed by atoms with van der Waals surface area (Å²) in [6.45, 7) is 8.73. The summed E-state index contributed by atoms with van der Waals surface area (Å²) in [7, 11) is -4.18. The number of carbonyl (C=O) groups is 1. The van der Waals surface area contributed by atoms with Crippen LogP contribution in [-0.4, -0.2) is 31.2 Å². The van der Waals surface area contributed by atoms with Crippen LogP contribution in [0.4, 0.5) is 4.79 Å². The van der Waals surface area contributed by atoms with Crippen LogP contribution >= 0.6 is 0 Å². The molecule has 0 aliphatic rings. The quantitative estimate of drug-likeness (QED) is 0.599. The maximum absolute atomic E-state index is 12.7. The van der Waals surface area contributed by atoms with Crippen LogP contribution in [0.2, 0.25) is 0 Å². The number of nitrogens with zero attached hydrogens (tertiary/aromatic N) is 1. The second-order valence-corrected chi connectivity index (χ2v) is 9.55. The molecule has 2 aromatic carbocycles. The molecule has 2 rings (SSSR count). The van der Waals surface area contributed by atoms with Crippen LogP contribution in [0.5, 0.6) is 0 Å². The molecular weight excluding hydrogens is 390 g/mol. The summed E-state index contributed by atoms with van der Waals surface area (Å²) >= 11 is 0. The number of hydrogen-bond donors (Lipinski definition) is 0. The van der Waals surface area contributed by atoms with Crippen molar-refractivity contribution in [2.75, 3.05) is 0 Å². The molecule has 6 nitrogen and oxygen atoms in total. The summed E-state index contributed by atoms with van der Waals surface area (Å²) in [5.41, 5.74) is 1.22. The molecule has 0 saturated heterocycles. The summed E-state index contributed by atoms with van der Waals surface area (Å²) < 4.78 is 36.1. The fourth-order valence-corrected chi connectivity index (χ4v) is 3.56. The summed E-state index contributed by atoms with van der Waals surface area (Å²) in [5, 5.41) is 0.823. The predicted molar refractivity (Wildman–Crippen MR) is 112 cm³/mol. The Bertz CT molecular complexity index is 902. The molecule has 2 aromatic rings. The number of ether oxygens (including phenoxy) is 1. The van der Waals surface area contributed by atoms with Gasteiger partial charge in [-0.25, -0.2) is 4.79 Å². The monoisotopic (exact) mass is 419 g/mol. The molecule has 0 aliphatic carbocycles. The van der Waals surface area contributed by atoms with Gasteiger partial charge in [0.2, 0.25) is 0 Å². The van der Waals surface area contributed by atoms with Gasteiger partial charge in [-0.3, -0.25) is 0 Å². The SMILES string of the molecule is Cc1ccc(S(=O)(=O)ON(C(=O)OC(C)(C)C)C(C)CCc2ccccc2)cc1. The first-order chi connectivity index (χ1) is 13.5. The third-order valence-corrected chi connectivity index (χ3v) is 5.36. The molecule has 1 atom stereocenters. The Labute approximate surface area is 173 Å². The number of hydroxylamine groups is 2. The normalized spacial score (nSPS) is 13.0. The number of carbonyl (C=O) groups excluding carboxylic acids is 1. The van der Waals surface area contributed by atoms with E-state index in [1.165, 1.54) is 12.1 Å². The van der Waals surface area contributed by atoms with E-state index in [9.17, 15) is 13.2 Å². The first kappa shape index (κ1) is 22.9. The number of hydrogen-bond acceptors (Lipinski definition) is 5. The second-order valence-electron chi connectivity index (χ2n) is 8.02. The zero-order valence-electron chi connectivity index (χ0n) is 17.6. The highest BCUT2D eigenvalue weighted by Crippen LogP contribution is 2.21. The smallest absolute Gasteiger partial charge is 0.435 e. The fourth-order valence-electron chi connectivity index (χ4n) is 2.58. The number of amides is 1. The summed E-state index contributed by atoms with van der Waals surface area (Å²) in [4.78, 5) is 12.7. The average molecular weight is 420 g/mol. The maximum Gasteiger partial charge on any atom is 0.435 e. The molecule has 0 N–H and O–H groups in total. The highest BCUT2D eigenvalue weighted by atomic mass is 32.2. The van der Waals surface area contributed by atoms with Crippen molar-refractivity contribution >= 4 is 16.2 Å². The van der Waals surface area contributed by atoms with Crippen molar-refractivity contribution in [1.82, 2.24) is 5.06 Å². The first-order valence-electron chi connectivity index (χ1n) is 9.55. The molecule has 1 amide bonds. The van der Waals surface area contributed by atoms with E-state index in [-0.39, 0.29) is 4.90 Å². The average Bonchev–Trinajstić information content (AvgIpc) is 2.64. The third kappa shape index (κ3) is 7.18.